The van der Waals surface area contributed by atoms with E-state index in [4.69, 9.17) is 4.74 Å². The summed E-state index contributed by atoms with van der Waals surface area (Å²) in [6, 6.07) is 5.92. The van der Waals surface area contributed by atoms with Crippen LogP contribution in [-0.2, 0) is 0 Å². The standard InChI is InChI=1S/C14H19N3O2/c1-10-9-19-13-3-2-11(8-12(13)14(18)16-10)17-6-4-15-5-7-17/h2-3,8,10,15H,4-7,9H2,1H3,(H,16,18). The Morgan fingerprint density at radius 2 is 2.11 bits per heavy atom. The number of nitrogens with zero attached hydrogens (tertiary/aromatic N) is 1. The lowest BCUT2D eigenvalue weighted by molar-refractivity contribution is 0.0942. The molecular weight excluding hydrogens is 242 g/mol. The Kier molecular flexibility index (Phi) is 3.29. The van der Waals surface area contributed by atoms with Gasteiger partial charge in [-0.3, -0.25) is 4.79 Å². The fourth-order valence-corrected chi connectivity index (χ4v) is 2.50. The van der Waals surface area contributed by atoms with Crippen molar-refractivity contribution in [2.75, 3.05) is 37.7 Å². The number of piperazine rings is 1. The van der Waals surface area contributed by atoms with Gasteiger partial charge in [-0.25, -0.2) is 0 Å². The molecule has 1 amide bonds. The number of amides is 1. The third kappa shape index (κ3) is 2.51. The summed E-state index contributed by atoms with van der Waals surface area (Å²) in [6.07, 6.45) is 0. The second-order valence-corrected chi connectivity index (χ2v) is 5.10. The summed E-state index contributed by atoms with van der Waals surface area (Å²) in [5, 5.41) is 6.26. The van der Waals surface area contributed by atoms with Gasteiger partial charge >= 0.3 is 0 Å². The van der Waals surface area contributed by atoms with Gasteiger partial charge in [-0.2, -0.15) is 0 Å². The predicted molar refractivity (Wildman–Crippen MR) is 73.9 cm³/mol. The van der Waals surface area contributed by atoms with Crippen LogP contribution in [0.3, 0.4) is 0 Å². The zero-order valence-corrected chi connectivity index (χ0v) is 11.1. The van der Waals surface area contributed by atoms with E-state index in [-0.39, 0.29) is 11.9 Å². The number of fused-ring (bicyclic) bond motifs is 1. The van der Waals surface area contributed by atoms with Crippen LogP contribution in [0.2, 0.25) is 0 Å². The number of carbonyl (C=O) groups excluding carboxylic acids is 1. The van der Waals surface area contributed by atoms with E-state index in [9.17, 15) is 4.79 Å². The van der Waals surface area contributed by atoms with Crippen LogP contribution in [-0.4, -0.2) is 44.7 Å². The van der Waals surface area contributed by atoms with E-state index in [2.05, 4.69) is 15.5 Å². The molecule has 0 saturated carbocycles. The van der Waals surface area contributed by atoms with Crippen molar-refractivity contribution in [1.29, 1.82) is 0 Å². The van der Waals surface area contributed by atoms with Crippen LogP contribution >= 0.6 is 0 Å². The van der Waals surface area contributed by atoms with E-state index in [0.29, 0.717) is 17.9 Å². The highest BCUT2D eigenvalue weighted by Gasteiger charge is 2.21. The summed E-state index contributed by atoms with van der Waals surface area (Å²) in [7, 11) is 0. The Hall–Kier alpha value is -1.75. The van der Waals surface area contributed by atoms with Crippen molar-refractivity contribution in [1.82, 2.24) is 10.6 Å². The fraction of sp³-hybridized carbons (Fsp3) is 0.500. The molecule has 5 nitrogen and oxygen atoms in total. The predicted octanol–water partition coefficient (Wildman–Crippen LogP) is 0.607. The molecule has 0 bridgehead atoms. The van der Waals surface area contributed by atoms with Gasteiger partial charge in [0.1, 0.15) is 12.4 Å². The van der Waals surface area contributed by atoms with Crippen LogP contribution in [0.4, 0.5) is 5.69 Å². The quantitative estimate of drug-likeness (QED) is 0.777. The first-order chi connectivity index (χ1) is 9.24. The number of hydrogen-bond acceptors (Lipinski definition) is 4. The average molecular weight is 261 g/mol. The maximum absolute atomic E-state index is 12.1. The molecule has 1 atom stereocenters. The average Bonchev–Trinajstić information content (AvgIpc) is 2.59. The number of nitrogens with one attached hydrogen (secondary N) is 2. The molecule has 0 aromatic heterocycles. The number of ether oxygens (including phenoxy) is 1. The van der Waals surface area contributed by atoms with Gasteiger partial charge in [0.25, 0.3) is 5.91 Å². The minimum atomic E-state index is -0.0445. The molecular formula is C14H19N3O2. The first-order valence-electron chi connectivity index (χ1n) is 6.77. The first kappa shape index (κ1) is 12.3. The lowest BCUT2D eigenvalue weighted by atomic mass is 10.1. The van der Waals surface area contributed by atoms with Crippen LogP contribution < -0.4 is 20.3 Å². The third-order valence-corrected chi connectivity index (χ3v) is 3.56. The molecule has 5 heteroatoms. The highest BCUT2D eigenvalue weighted by atomic mass is 16.5. The fourth-order valence-electron chi connectivity index (χ4n) is 2.50. The summed E-state index contributed by atoms with van der Waals surface area (Å²) in [4.78, 5) is 14.4. The molecule has 102 valence electrons. The number of carbonyl (C=O) groups is 1. The normalized spacial score (nSPS) is 23.1. The number of hydrogen-bond donors (Lipinski definition) is 2. The molecule has 3 rings (SSSR count). The summed E-state index contributed by atoms with van der Waals surface area (Å²) in [5.74, 6) is 0.637. The third-order valence-electron chi connectivity index (χ3n) is 3.56. The molecule has 0 spiro atoms. The number of benzene rings is 1. The molecule has 0 radical (unpaired) electrons. The van der Waals surface area contributed by atoms with Gasteiger partial charge in [-0.15, -0.1) is 0 Å². The Morgan fingerprint density at radius 1 is 1.32 bits per heavy atom. The lowest BCUT2D eigenvalue weighted by Crippen LogP contribution is -2.43. The largest absolute Gasteiger partial charge is 0.491 e. The van der Waals surface area contributed by atoms with E-state index in [1.165, 1.54) is 0 Å². The maximum atomic E-state index is 12.1. The van der Waals surface area contributed by atoms with Crippen LogP contribution in [0.15, 0.2) is 18.2 Å². The van der Waals surface area contributed by atoms with Gasteiger partial charge < -0.3 is 20.3 Å². The maximum Gasteiger partial charge on any atom is 0.255 e. The van der Waals surface area contributed by atoms with Gasteiger partial charge in [0, 0.05) is 31.9 Å². The zero-order valence-electron chi connectivity index (χ0n) is 11.1. The van der Waals surface area contributed by atoms with Gasteiger partial charge in [0.05, 0.1) is 11.6 Å². The Balaban J connectivity index is 1.89. The molecule has 2 N–H and O–H groups in total. The second kappa shape index (κ2) is 5.09. The smallest absolute Gasteiger partial charge is 0.255 e. The zero-order chi connectivity index (χ0) is 13.2. The summed E-state index contributed by atoms with van der Waals surface area (Å²) in [6.45, 7) is 6.37. The first-order valence-corrected chi connectivity index (χ1v) is 6.77. The molecule has 19 heavy (non-hydrogen) atoms. The molecule has 1 saturated heterocycles. The minimum absolute atomic E-state index is 0.0440. The number of rotatable bonds is 1. The van der Waals surface area contributed by atoms with Crippen molar-refractivity contribution >= 4 is 11.6 Å². The summed E-state index contributed by atoms with van der Waals surface area (Å²) in [5.41, 5.74) is 1.73. The number of anilines is 1. The Morgan fingerprint density at radius 3 is 2.89 bits per heavy atom. The van der Waals surface area contributed by atoms with E-state index in [1.807, 2.05) is 25.1 Å². The van der Waals surface area contributed by atoms with Crippen LogP contribution in [0.25, 0.3) is 0 Å². The van der Waals surface area contributed by atoms with E-state index >= 15 is 0 Å². The summed E-state index contributed by atoms with van der Waals surface area (Å²) >= 11 is 0. The van der Waals surface area contributed by atoms with Crippen LogP contribution in [0, 0.1) is 0 Å². The van der Waals surface area contributed by atoms with Crippen LogP contribution in [0.5, 0.6) is 5.75 Å². The molecule has 0 aliphatic carbocycles. The highest BCUT2D eigenvalue weighted by molar-refractivity contribution is 5.98. The van der Waals surface area contributed by atoms with E-state index in [0.717, 1.165) is 31.9 Å². The van der Waals surface area contributed by atoms with Crippen molar-refractivity contribution in [2.24, 2.45) is 0 Å². The van der Waals surface area contributed by atoms with Crippen molar-refractivity contribution < 1.29 is 9.53 Å². The summed E-state index contributed by atoms with van der Waals surface area (Å²) < 4.78 is 5.66. The molecule has 2 aliphatic rings. The lowest BCUT2D eigenvalue weighted by Gasteiger charge is -2.29. The van der Waals surface area contributed by atoms with Crippen molar-refractivity contribution in [3.8, 4) is 5.75 Å². The second-order valence-electron chi connectivity index (χ2n) is 5.10. The molecule has 2 heterocycles. The minimum Gasteiger partial charge on any atom is -0.491 e. The van der Waals surface area contributed by atoms with Gasteiger partial charge in [0.15, 0.2) is 0 Å². The molecule has 2 aliphatic heterocycles. The Bertz CT molecular complexity index is 484. The van der Waals surface area contributed by atoms with Gasteiger partial charge in [-0.1, -0.05) is 0 Å². The molecule has 1 aromatic rings. The van der Waals surface area contributed by atoms with Crippen molar-refractivity contribution in [2.45, 2.75) is 13.0 Å². The van der Waals surface area contributed by atoms with Gasteiger partial charge in [0.2, 0.25) is 0 Å². The Labute approximate surface area is 112 Å². The van der Waals surface area contributed by atoms with Crippen LogP contribution in [0.1, 0.15) is 17.3 Å². The van der Waals surface area contributed by atoms with Crippen molar-refractivity contribution in [3.05, 3.63) is 23.8 Å². The molecule has 1 aromatic carbocycles. The van der Waals surface area contributed by atoms with Crippen molar-refractivity contribution in [3.63, 3.8) is 0 Å². The highest BCUT2D eigenvalue weighted by Crippen LogP contribution is 2.27. The topological polar surface area (TPSA) is 53.6 Å². The SMILES string of the molecule is CC1COc2ccc(N3CCNCC3)cc2C(=O)N1. The monoisotopic (exact) mass is 261 g/mol. The van der Waals surface area contributed by atoms with Gasteiger partial charge in [-0.05, 0) is 25.1 Å². The molecule has 1 unspecified atom stereocenters. The van der Waals surface area contributed by atoms with E-state index < -0.39 is 0 Å². The van der Waals surface area contributed by atoms with E-state index in [1.54, 1.807) is 0 Å². The molecule has 1 fully saturated rings.